The number of halogens is 5. The van der Waals surface area contributed by atoms with Gasteiger partial charge in [0.05, 0.1) is 117 Å². The minimum atomic E-state index is -2.35. The fourth-order valence-electron chi connectivity index (χ4n) is 3.52. The first-order chi connectivity index (χ1) is 24.2. The molecule has 0 heterocycles. The number of rotatable bonds is 30. The smallest absolute Gasteiger partial charge is 0.313 e. The van der Waals surface area contributed by atoms with Crippen LogP contribution in [-0.4, -0.2) is 123 Å². The Morgan fingerprint density at radius 1 is 0.500 bits per heavy atom. The second-order valence-electron chi connectivity index (χ2n) is 9.62. The normalized spacial score (nSPS) is 11.2. The van der Waals surface area contributed by atoms with Crippen molar-refractivity contribution in [3.63, 3.8) is 0 Å². The van der Waals surface area contributed by atoms with E-state index in [0.717, 1.165) is 0 Å². The van der Waals surface area contributed by atoms with E-state index in [-0.39, 0.29) is 32.1 Å². The summed E-state index contributed by atoms with van der Waals surface area (Å²) in [4.78, 5) is 21.8. The monoisotopic (exact) mass is 729 g/mol. The Kier molecular flexibility index (Phi) is 22.4. The zero-order valence-corrected chi connectivity index (χ0v) is 27.2. The van der Waals surface area contributed by atoms with Gasteiger partial charge in [-0.15, -0.1) is 0 Å². The second kappa shape index (κ2) is 26.3. The summed E-state index contributed by atoms with van der Waals surface area (Å²) in [5.74, 6) is -13.7. The van der Waals surface area contributed by atoms with Crippen molar-refractivity contribution in [3.05, 3.63) is 63.5 Å². The van der Waals surface area contributed by atoms with Crippen LogP contribution in [0.4, 0.5) is 27.6 Å². The maximum atomic E-state index is 13.5. The van der Waals surface area contributed by atoms with Gasteiger partial charge < -0.3 is 47.4 Å². The van der Waals surface area contributed by atoms with Crippen molar-refractivity contribution in [1.29, 1.82) is 0 Å². The van der Waals surface area contributed by atoms with E-state index in [2.05, 4.69) is 4.74 Å². The standard InChI is InChI=1S/C31H40F5NO13/c32-26-27(33)29(35)31(30(36)28(26)34)50-25(38)5-6-41-7-8-42-9-10-43-11-12-44-13-14-45-15-16-46-17-18-47-19-20-48-21-22-49-24-3-1-23(2-4-24)37(39)40/h1-4H,5-22H2. The molecule has 0 atom stereocenters. The largest absolute Gasteiger partial charge is 0.491 e. The van der Waals surface area contributed by atoms with Crippen molar-refractivity contribution in [1.82, 2.24) is 0 Å². The summed E-state index contributed by atoms with van der Waals surface area (Å²) >= 11 is 0. The van der Waals surface area contributed by atoms with E-state index in [9.17, 15) is 36.9 Å². The van der Waals surface area contributed by atoms with Gasteiger partial charge in [0.25, 0.3) is 5.69 Å². The number of benzene rings is 2. The maximum absolute atomic E-state index is 13.5. The third-order valence-corrected chi connectivity index (χ3v) is 5.98. The number of hydrogen-bond donors (Lipinski definition) is 0. The summed E-state index contributed by atoms with van der Waals surface area (Å²) in [5.41, 5.74) is -0.00000992. The fraction of sp³-hybridized carbons (Fsp3) is 0.581. The Morgan fingerprint density at radius 2 is 0.820 bits per heavy atom. The Hall–Kier alpha value is -3.56. The van der Waals surface area contributed by atoms with Gasteiger partial charge >= 0.3 is 5.97 Å². The highest BCUT2D eigenvalue weighted by atomic mass is 19.2. The van der Waals surface area contributed by atoms with Crippen LogP contribution < -0.4 is 9.47 Å². The zero-order valence-electron chi connectivity index (χ0n) is 27.2. The molecule has 282 valence electrons. The highest BCUT2D eigenvalue weighted by molar-refractivity contribution is 5.72. The second-order valence-corrected chi connectivity index (χ2v) is 9.62. The van der Waals surface area contributed by atoms with Gasteiger partial charge in [-0.1, -0.05) is 0 Å². The molecule has 0 aliphatic rings. The van der Waals surface area contributed by atoms with E-state index in [1.165, 1.54) is 24.3 Å². The predicted octanol–water partition coefficient (Wildman–Crippen LogP) is 3.80. The molecule has 50 heavy (non-hydrogen) atoms. The number of ether oxygens (including phenoxy) is 10. The maximum Gasteiger partial charge on any atom is 0.313 e. The van der Waals surface area contributed by atoms with Gasteiger partial charge in [-0.25, -0.2) is 13.2 Å². The molecule has 0 saturated carbocycles. The average molecular weight is 730 g/mol. The van der Waals surface area contributed by atoms with Crippen LogP contribution in [0.2, 0.25) is 0 Å². The molecule has 19 heteroatoms. The average Bonchev–Trinajstić information content (AvgIpc) is 3.11. The Labute approximate surface area is 284 Å². The molecule has 2 aromatic carbocycles. The van der Waals surface area contributed by atoms with E-state index >= 15 is 0 Å². The van der Waals surface area contributed by atoms with Crippen LogP contribution in [0.5, 0.6) is 11.5 Å². The van der Waals surface area contributed by atoms with Gasteiger partial charge in [-0.3, -0.25) is 14.9 Å². The number of nitrogens with zero attached hydrogens (tertiary/aromatic N) is 1. The van der Waals surface area contributed by atoms with Gasteiger partial charge in [0.1, 0.15) is 12.4 Å². The summed E-state index contributed by atoms with van der Waals surface area (Å²) in [7, 11) is 0. The molecule has 0 aromatic heterocycles. The molecule has 0 radical (unpaired) electrons. The van der Waals surface area contributed by atoms with Crippen LogP contribution in [0.3, 0.4) is 0 Å². The first-order valence-corrected chi connectivity index (χ1v) is 15.4. The first kappa shape index (κ1) is 42.6. The Morgan fingerprint density at radius 3 is 1.18 bits per heavy atom. The van der Waals surface area contributed by atoms with Crippen LogP contribution in [0.25, 0.3) is 0 Å². The van der Waals surface area contributed by atoms with Crippen molar-refractivity contribution in [2.45, 2.75) is 6.42 Å². The van der Waals surface area contributed by atoms with Crippen molar-refractivity contribution < 1.29 is 79.0 Å². The van der Waals surface area contributed by atoms with Crippen molar-refractivity contribution in [3.8, 4) is 11.5 Å². The molecule has 0 N–H and O–H groups in total. The lowest BCUT2D eigenvalue weighted by Gasteiger charge is -2.09. The van der Waals surface area contributed by atoms with Crippen LogP contribution in [0.15, 0.2) is 24.3 Å². The van der Waals surface area contributed by atoms with Gasteiger partial charge in [0.15, 0.2) is 0 Å². The van der Waals surface area contributed by atoms with Gasteiger partial charge in [-0.2, -0.15) is 8.78 Å². The first-order valence-electron chi connectivity index (χ1n) is 15.4. The number of carbonyl (C=O) groups excluding carboxylic acids is 1. The molecule has 0 saturated heterocycles. The summed E-state index contributed by atoms with van der Waals surface area (Å²) in [6.45, 7) is 5.12. The van der Waals surface area contributed by atoms with Crippen molar-refractivity contribution in [2.24, 2.45) is 0 Å². The lowest BCUT2D eigenvalue weighted by molar-refractivity contribution is -0.384. The van der Waals surface area contributed by atoms with Crippen LogP contribution in [0.1, 0.15) is 6.42 Å². The summed E-state index contributed by atoms with van der Waals surface area (Å²) < 4.78 is 119. The molecular weight excluding hydrogens is 689 g/mol. The molecule has 14 nitrogen and oxygen atoms in total. The number of nitro benzene ring substituents is 1. The highest BCUT2D eigenvalue weighted by Gasteiger charge is 2.28. The van der Waals surface area contributed by atoms with Gasteiger partial charge in [0, 0.05) is 12.1 Å². The lowest BCUT2D eigenvalue weighted by atomic mass is 10.2. The number of carbonyl (C=O) groups is 1. The molecule has 0 aliphatic heterocycles. The minimum absolute atomic E-state index is 0.00000992. The summed E-state index contributed by atoms with van der Waals surface area (Å²) in [5, 5.41) is 10.6. The number of nitro groups is 1. The van der Waals surface area contributed by atoms with Gasteiger partial charge in [-0.05, 0) is 12.1 Å². The summed E-state index contributed by atoms with van der Waals surface area (Å²) in [6, 6.07) is 5.80. The molecule has 0 amide bonds. The molecule has 2 rings (SSSR count). The van der Waals surface area contributed by atoms with Crippen molar-refractivity contribution >= 4 is 11.7 Å². The topological polar surface area (TPSA) is 153 Å². The van der Waals surface area contributed by atoms with Crippen LogP contribution in [-0.2, 0) is 42.7 Å². The van der Waals surface area contributed by atoms with E-state index < -0.39 is 52.1 Å². The van der Waals surface area contributed by atoms with Crippen LogP contribution in [0, 0.1) is 39.2 Å². The Balaban J connectivity index is 1.25. The molecule has 2 aromatic rings. The highest BCUT2D eigenvalue weighted by Crippen LogP contribution is 2.29. The van der Waals surface area contributed by atoms with E-state index in [0.29, 0.717) is 91.6 Å². The van der Waals surface area contributed by atoms with Gasteiger partial charge in [0.2, 0.25) is 34.8 Å². The molecule has 0 bridgehead atoms. The third kappa shape index (κ3) is 17.9. The predicted molar refractivity (Wildman–Crippen MR) is 162 cm³/mol. The van der Waals surface area contributed by atoms with E-state index in [4.69, 9.17) is 42.6 Å². The third-order valence-electron chi connectivity index (χ3n) is 5.98. The molecule has 0 aliphatic carbocycles. The van der Waals surface area contributed by atoms with E-state index in [1.807, 2.05) is 0 Å². The van der Waals surface area contributed by atoms with Crippen LogP contribution >= 0.6 is 0 Å². The summed E-state index contributed by atoms with van der Waals surface area (Å²) in [6.07, 6.45) is -0.495. The molecule has 0 fully saturated rings. The fourth-order valence-corrected chi connectivity index (χ4v) is 3.52. The van der Waals surface area contributed by atoms with Crippen molar-refractivity contribution in [2.75, 3.05) is 112 Å². The van der Waals surface area contributed by atoms with E-state index in [1.54, 1.807) is 0 Å². The zero-order chi connectivity index (χ0) is 36.4. The number of esters is 1. The molecule has 0 unspecified atom stereocenters. The quantitative estimate of drug-likeness (QED) is 0.0168. The molecular formula is C31H40F5NO13. The number of non-ortho nitro benzene ring substituents is 1. The lowest BCUT2D eigenvalue weighted by Crippen LogP contribution is -2.16. The molecule has 0 spiro atoms. The SMILES string of the molecule is O=C(CCOCCOCCOCCOCCOCCOCCOCCOCCOc1ccc([N+](=O)[O-])cc1)Oc1c(F)c(F)c(F)c(F)c1F. The Bertz CT molecular complexity index is 1230. The minimum Gasteiger partial charge on any atom is -0.491 e. The number of hydrogen-bond acceptors (Lipinski definition) is 13.